The Labute approximate surface area is 135 Å². The number of nitrogens with zero attached hydrogens (tertiary/aromatic N) is 2. The second-order valence-electron chi connectivity index (χ2n) is 4.95. The van der Waals surface area contributed by atoms with E-state index in [1.165, 1.54) is 16.8 Å². The fourth-order valence-electron chi connectivity index (χ4n) is 2.41. The van der Waals surface area contributed by atoms with Crippen LogP contribution in [-0.4, -0.2) is 18.1 Å². The Morgan fingerprint density at radius 1 is 1.24 bits per heavy atom. The minimum absolute atomic E-state index is 0.820. The van der Waals surface area contributed by atoms with Gasteiger partial charge in [0, 0.05) is 35.0 Å². The highest BCUT2D eigenvalue weighted by Gasteiger charge is 2.15. The zero-order chi connectivity index (χ0) is 15.2. The fraction of sp³-hybridized carbons (Fsp3) is 0.353. The first-order valence-corrected chi connectivity index (χ1v) is 8.15. The lowest BCUT2D eigenvalue weighted by molar-refractivity contribution is 0.721. The summed E-state index contributed by atoms with van der Waals surface area (Å²) in [6.07, 6.45) is 1.87. The minimum Gasteiger partial charge on any atom is -0.326 e. The van der Waals surface area contributed by atoms with Crippen molar-refractivity contribution in [2.24, 2.45) is 0 Å². The molecule has 0 aliphatic carbocycles. The molecule has 0 aliphatic rings. The molecule has 0 bridgehead atoms. The average molecular weight is 348 g/mol. The Kier molecular flexibility index (Phi) is 5.76. The van der Waals surface area contributed by atoms with E-state index in [0.717, 1.165) is 29.9 Å². The minimum atomic E-state index is 0.820. The molecule has 4 heteroatoms. The van der Waals surface area contributed by atoms with E-state index in [-0.39, 0.29) is 0 Å². The number of para-hydroxylation sites is 1. The molecule has 2 rings (SSSR count). The lowest BCUT2D eigenvalue weighted by Crippen LogP contribution is -2.22. The van der Waals surface area contributed by atoms with Crippen molar-refractivity contribution >= 4 is 27.4 Å². The fourth-order valence-corrected chi connectivity index (χ4v) is 2.79. The van der Waals surface area contributed by atoms with E-state index in [9.17, 15) is 0 Å². The van der Waals surface area contributed by atoms with E-state index in [1.54, 1.807) is 0 Å². The van der Waals surface area contributed by atoms with Crippen molar-refractivity contribution in [1.29, 1.82) is 0 Å². The van der Waals surface area contributed by atoms with E-state index in [0.29, 0.717) is 0 Å². The van der Waals surface area contributed by atoms with Crippen LogP contribution in [0.2, 0.25) is 0 Å². The number of halogens is 1. The number of nitrogens with one attached hydrogen (secondary N) is 1. The number of pyridine rings is 1. The van der Waals surface area contributed by atoms with Gasteiger partial charge < -0.3 is 10.2 Å². The standard InChI is InChI=1S/C17H22BrN3/c1-4-19-11-14-10-15(18)12-20-17(14)21(5-2)16-9-7-6-8-13(16)3/h6-10,12,19H,4-5,11H2,1-3H3. The van der Waals surface area contributed by atoms with Crippen molar-refractivity contribution in [3.05, 3.63) is 52.1 Å². The first kappa shape index (κ1) is 16.0. The van der Waals surface area contributed by atoms with Gasteiger partial charge in [-0.1, -0.05) is 25.1 Å². The topological polar surface area (TPSA) is 28.2 Å². The van der Waals surface area contributed by atoms with Gasteiger partial charge in [-0.2, -0.15) is 0 Å². The molecular formula is C17H22BrN3. The van der Waals surface area contributed by atoms with E-state index in [4.69, 9.17) is 0 Å². The van der Waals surface area contributed by atoms with Crippen molar-refractivity contribution in [2.45, 2.75) is 27.3 Å². The predicted octanol–water partition coefficient (Wildman–Crippen LogP) is 4.42. The summed E-state index contributed by atoms with van der Waals surface area (Å²) in [6.45, 7) is 9.07. The van der Waals surface area contributed by atoms with Crippen LogP contribution in [0.25, 0.3) is 0 Å². The summed E-state index contributed by atoms with van der Waals surface area (Å²) in [7, 11) is 0. The van der Waals surface area contributed by atoms with E-state index in [2.05, 4.69) is 82.2 Å². The molecule has 3 nitrogen and oxygen atoms in total. The lowest BCUT2D eigenvalue weighted by Gasteiger charge is -2.26. The van der Waals surface area contributed by atoms with Crippen molar-refractivity contribution in [2.75, 3.05) is 18.0 Å². The Morgan fingerprint density at radius 3 is 2.67 bits per heavy atom. The second-order valence-corrected chi connectivity index (χ2v) is 5.86. The average Bonchev–Trinajstić information content (AvgIpc) is 2.49. The number of aryl methyl sites for hydroxylation is 1. The van der Waals surface area contributed by atoms with Crippen LogP contribution < -0.4 is 10.2 Å². The normalized spacial score (nSPS) is 10.7. The molecule has 21 heavy (non-hydrogen) atoms. The van der Waals surface area contributed by atoms with Crippen molar-refractivity contribution in [3.8, 4) is 0 Å². The van der Waals surface area contributed by atoms with Crippen LogP contribution >= 0.6 is 15.9 Å². The number of rotatable bonds is 6. The highest BCUT2D eigenvalue weighted by Crippen LogP contribution is 2.30. The molecule has 0 radical (unpaired) electrons. The van der Waals surface area contributed by atoms with Gasteiger partial charge in [0.15, 0.2) is 0 Å². The van der Waals surface area contributed by atoms with Crippen LogP contribution in [0.15, 0.2) is 41.0 Å². The molecule has 0 aliphatic heterocycles. The van der Waals surface area contributed by atoms with Crippen LogP contribution in [-0.2, 0) is 6.54 Å². The maximum atomic E-state index is 4.66. The predicted molar refractivity (Wildman–Crippen MR) is 93.2 cm³/mol. The van der Waals surface area contributed by atoms with Gasteiger partial charge in [0.1, 0.15) is 5.82 Å². The largest absolute Gasteiger partial charge is 0.326 e. The summed E-state index contributed by atoms with van der Waals surface area (Å²) in [5.74, 6) is 1.02. The third-order valence-electron chi connectivity index (χ3n) is 3.45. The first-order chi connectivity index (χ1) is 10.2. The molecule has 0 unspecified atom stereocenters. The Morgan fingerprint density at radius 2 is 2.00 bits per heavy atom. The van der Waals surface area contributed by atoms with Gasteiger partial charge in [-0.05, 0) is 54.0 Å². The van der Waals surface area contributed by atoms with Crippen molar-refractivity contribution in [3.63, 3.8) is 0 Å². The molecule has 112 valence electrons. The van der Waals surface area contributed by atoms with Crippen LogP contribution in [0, 0.1) is 6.92 Å². The molecule has 0 saturated carbocycles. The summed E-state index contributed by atoms with van der Waals surface area (Å²) in [6, 6.07) is 10.6. The molecule has 1 N–H and O–H groups in total. The van der Waals surface area contributed by atoms with Gasteiger partial charge in [0.2, 0.25) is 0 Å². The number of benzene rings is 1. The molecule has 0 fully saturated rings. The SMILES string of the molecule is CCNCc1cc(Br)cnc1N(CC)c1ccccc1C. The number of anilines is 2. The van der Waals surface area contributed by atoms with Crippen molar-refractivity contribution in [1.82, 2.24) is 10.3 Å². The summed E-state index contributed by atoms with van der Waals surface area (Å²) < 4.78 is 1.01. The second kappa shape index (κ2) is 7.57. The molecule has 0 spiro atoms. The summed E-state index contributed by atoms with van der Waals surface area (Å²) in [5.41, 5.74) is 3.68. The van der Waals surface area contributed by atoms with E-state index < -0.39 is 0 Å². The molecular weight excluding hydrogens is 326 g/mol. The Balaban J connectivity index is 2.44. The zero-order valence-electron chi connectivity index (χ0n) is 12.9. The molecule has 2 aromatic rings. The van der Waals surface area contributed by atoms with Gasteiger partial charge in [-0.3, -0.25) is 0 Å². The molecule has 0 atom stereocenters. The van der Waals surface area contributed by atoms with Gasteiger partial charge in [0.25, 0.3) is 0 Å². The van der Waals surface area contributed by atoms with Crippen LogP contribution in [0.5, 0.6) is 0 Å². The summed E-state index contributed by atoms with van der Waals surface area (Å²) in [5, 5.41) is 3.39. The molecule has 0 amide bonds. The number of hydrogen-bond acceptors (Lipinski definition) is 3. The third kappa shape index (κ3) is 3.83. The monoisotopic (exact) mass is 347 g/mol. The zero-order valence-corrected chi connectivity index (χ0v) is 14.4. The van der Waals surface area contributed by atoms with Gasteiger partial charge >= 0.3 is 0 Å². The Bertz CT molecular complexity index is 598. The van der Waals surface area contributed by atoms with Crippen LogP contribution in [0.4, 0.5) is 11.5 Å². The van der Waals surface area contributed by atoms with Crippen LogP contribution in [0.1, 0.15) is 25.0 Å². The quantitative estimate of drug-likeness (QED) is 0.838. The van der Waals surface area contributed by atoms with Crippen LogP contribution in [0.3, 0.4) is 0 Å². The highest BCUT2D eigenvalue weighted by molar-refractivity contribution is 9.10. The molecule has 1 aromatic carbocycles. The van der Waals surface area contributed by atoms with E-state index >= 15 is 0 Å². The maximum Gasteiger partial charge on any atom is 0.137 e. The Hall–Kier alpha value is -1.39. The smallest absolute Gasteiger partial charge is 0.137 e. The molecule has 1 heterocycles. The van der Waals surface area contributed by atoms with E-state index in [1.807, 2.05) is 6.20 Å². The number of aromatic nitrogens is 1. The first-order valence-electron chi connectivity index (χ1n) is 7.35. The van der Waals surface area contributed by atoms with Crippen molar-refractivity contribution < 1.29 is 0 Å². The molecule has 1 aromatic heterocycles. The summed E-state index contributed by atoms with van der Waals surface area (Å²) in [4.78, 5) is 6.93. The lowest BCUT2D eigenvalue weighted by atomic mass is 10.1. The molecule has 0 saturated heterocycles. The summed E-state index contributed by atoms with van der Waals surface area (Å²) >= 11 is 3.52. The number of hydrogen-bond donors (Lipinski definition) is 1. The third-order valence-corrected chi connectivity index (χ3v) is 3.89. The van der Waals surface area contributed by atoms with Gasteiger partial charge in [-0.25, -0.2) is 4.98 Å². The highest BCUT2D eigenvalue weighted by atomic mass is 79.9. The maximum absolute atomic E-state index is 4.66. The van der Waals surface area contributed by atoms with Gasteiger partial charge in [-0.15, -0.1) is 0 Å². The van der Waals surface area contributed by atoms with Gasteiger partial charge in [0.05, 0.1) is 0 Å².